The number of rotatable bonds is 6. The molecule has 0 aromatic heterocycles. The van der Waals surface area contributed by atoms with Crippen LogP contribution in [0.5, 0.6) is 0 Å². The summed E-state index contributed by atoms with van der Waals surface area (Å²) in [6, 6.07) is 6.21. The number of esters is 2. The summed E-state index contributed by atoms with van der Waals surface area (Å²) in [7, 11) is 2.18. The number of ketones is 1. The van der Waals surface area contributed by atoms with Gasteiger partial charge in [-0.15, -0.1) is 0 Å². The van der Waals surface area contributed by atoms with E-state index in [9.17, 15) is 43.4 Å². The van der Waals surface area contributed by atoms with Crippen molar-refractivity contribution >= 4 is 29.1 Å². The van der Waals surface area contributed by atoms with Gasteiger partial charge < -0.3 is 9.47 Å². The lowest BCUT2D eigenvalue weighted by Gasteiger charge is -2.10. The van der Waals surface area contributed by atoms with Gasteiger partial charge in [-0.1, -0.05) is 12.1 Å². The van der Waals surface area contributed by atoms with Crippen LogP contribution in [0.25, 0.3) is 0 Å². The maximum Gasteiger partial charge on any atom is 0.344 e. The number of hydrogen-bond donors (Lipinski definition) is 0. The highest BCUT2D eigenvalue weighted by molar-refractivity contribution is 5.99. The first-order valence-electron chi connectivity index (χ1n) is 8.87. The zero-order valence-corrected chi connectivity index (χ0v) is 17.8. The molecule has 0 saturated heterocycles. The van der Waals surface area contributed by atoms with Gasteiger partial charge in [-0.25, -0.2) is 18.4 Å². The van der Waals surface area contributed by atoms with Gasteiger partial charge in [-0.3, -0.25) is 25.0 Å². The van der Waals surface area contributed by atoms with E-state index in [4.69, 9.17) is 0 Å². The van der Waals surface area contributed by atoms with Crippen LogP contribution in [-0.4, -0.2) is 41.8 Å². The van der Waals surface area contributed by atoms with Gasteiger partial charge in [0.25, 0.3) is 17.3 Å². The van der Waals surface area contributed by atoms with Crippen molar-refractivity contribution in [1.82, 2.24) is 0 Å². The molecule has 0 N–H and O–H groups in total. The first-order valence-corrected chi connectivity index (χ1v) is 8.87. The number of benzene rings is 2. The van der Waals surface area contributed by atoms with Crippen LogP contribution in [0.1, 0.15) is 50.5 Å². The van der Waals surface area contributed by atoms with E-state index in [0.717, 1.165) is 32.4 Å². The molecule has 176 valence electrons. The molecule has 13 heteroatoms. The molecule has 2 aromatic rings. The minimum absolute atomic E-state index is 0.169. The molecule has 0 aliphatic carbocycles. The molecule has 0 aliphatic rings. The monoisotopic (exact) mass is 468 g/mol. The average molecular weight is 468 g/mol. The molecular formula is C20H18F2N2O9. The van der Waals surface area contributed by atoms with Crippen LogP contribution in [0.4, 0.5) is 20.2 Å². The first-order chi connectivity index (χ1) is 15.2. The minimum Gasteiger partial charge on any atom is -0.465 e. The summed E-state index contributed by atoms with van der Waals surface area (Å²) in [6.07, 6.45) is 0. The van der Waals surface area contributed by atoms with E-state index >= 15 is 0 Å². The van der Waals surface area contributed by atoms with Crippen LogP contribution in [0, 0.1) is 20.2 Å². The quantitative estimate of drug-likeness (QED) is 0.264. The Kier molecular flexibility index (Phi) is 8.78. The molecule has 0 spiro atoms. The fourth-order valence-corrected chi connectivity index (χ4v) is 2.42. The molecule has 0 heterocycles. The predicted octanol–water partition coefficient (Wildman–Crippen LogP) is 4.08. The maximum absolute atomic E-state index is 13.0. The van der Waals surface area contributed by atoms with Crippen molar-refractivity contribution < 1.29 is 42.5 Å². The van der Waals surface area contributed by atoms with Gasteiger partial charge in [0.1, 0.15) is 11.1 Å². The summed E-state index contributed by atoms with van der Waals surface area (Å²) in [5.41, 5.74) is -2.00. The van der Waals surface area contributed by atoms with E-state index < -0.39 is 44.6 Å². The Morgan fingerprint density at radius 1 is 0.848 bits per heavy atom. The van der Waals surface area contributed by atoms with Gasteiger partial charge in [0.2, 0.25) is 0 Å². The largest absolute Gasteiger partial charge is 0.465 e. The highest BCUT2D eigenvalue weighted by Crippen LogP contribution is 2.31. The summed E-state index contributed by atoms with van der Waals surface area (Å²) in [5, 5.41) is 21.4. The van der Waals surface area contributed by atoms with E-state index in [1.807, 2.05) is 0 Å². The number of halogens is 2. The predicted molar refractivity (Wildman–Crippen MR) is 108 cm³/mol. The van der Waals surface area contributed by atoms with Gasteiger partial charge in [0.15, 0.2) is 5.78 Å². The van der Waals surface area contributed by atoms with E-state index in [0.29, 0.717) is 13.0 Å². The standard InChI is InChI=1S/C10H9F2NO4.C10H9NO5/c1-10(11,12)6-3-4-7(9(14)17-2)8(5-6)13(15)16;1-6(12)7-3-4-8(10(13)16-2)9(5-7)11(14)15/h3-5H,1-2H3;3-5H,1-2H3. The third-order valence-electron chi connectivity index (χ3n) is 4.11. The third-order valence-corrected chi connectivity index (χ3v) is 4.11. The number of Topliss-reactive ketones (excluding diaryl/α,β-unsaturated/α-hetero) is 1. The molecule has 0 aliphatic heterocycles. The van der Waals surface area contributed by atoms with Crippen LogP contribution < -0.4 is 0 Å². The van der Waals surface area contributed by atoms with Crippen LogP contribution in [0.3, 0.4) is 0 Å². The second-order valence-corrected chi connectivity index (χ2v) is 6.41. The Morgan fingerprint density at radius 2 is 1.27 bits per heavy atom. The Bertz CT molecular complexity index is 1110. The van der Waals surface area contributed by atoms with Crippen LogP contribution in [0.2, 0.25) is 0 Å². The van der Waals surface area contributed by atoms with Crippen LogP contribution in [-0.2, 0) is 15.4 Å². The zero-order chi connectivity index (χ0) is 25.5. The van der Waals surface area contributed by atoms with Crippen molar-refractivity contribution in [2.45, 2.75) is 19.8 Å². The SMILES string of the molecule is COC(=O)c1ccc(C(C)(F)F)cc1[N+](=O)[O-].COC(=O)c1ccc(C(C)=O)cc1[N+](=O)[O-]. The molecule has 0 unspecified atom stereocenters. The number of carbonyl (C=O) groups is 3. The summed E-state index contributed by atoms with van der Waals surface area (Å²) in [4.78, 5) is 53.2. The fraction of sp³-hybridized carbons (Fsp3) is 0.250. The van der Waals surface area contributed by atoms with Gasteiger partial charge >= 0.3 is 11.9 Å². The second-order valence-electron chi connectivity index (χ2n) is 6.41. The van der Waals surface area contributed by atoms with E-state index in [-0.39, 0.29) is 22.5 Å². The van der Waals surface area contributed by atoms with Crippen LogP contribution >= 0.6 is 0 Å². The Balaban J connectivity index is 0.000000331. The topological polar surface area (TPSA) is 156 Å². The summed E-state index contributed by atoms with van der Waals surface area (Å²) in [5.74, 6) is -5.26. The minimum atomic E-state index is -3.21. The van der Waals surface area contributed by atoms with Gasteiger partial charge in [0, 0.05) is 30.2 Å². The smallest absolute Gasteiger partial charge is 0.344 e. The number of nitro groups is 2. The molecule has 0 amide bonds. The molecule has 33 heavy (non-hydrogen) atoms. The Hall–Kier alpha value is -4.29. The summed E-state index contributed by atoms with van der Waals surface area (Å²) >= 11 is 0. The molecule has 2 rings (SSSR count). The molecule has 0 bridgehead atoms. The molecular weight excluding hydrogens is 450 g/mol. The van der Waals surface area contributed by atoms with Crippen molar-refractivity contribution in [3.8, 4) is 0 Å². The number of methoxy groups -OCH3 is 2. The number of hydrogen-bond acceptors (Lipinski definition) is 9. The fourth-order valence-electron chi connectivity index (χ4n) is 2.42. The van der Waals surface area contributed by atoms with Gasteiger partial charge in [-0.2, -0.15) is 0 Å². The lowest BCUT2D eigenvalue weighted by Crippen LogP contribution is -2.11. The van der Waals surface area contributed by atoms with Crippen molar-refractivity contribution in [1.29, 1.82) is 0 Å². The van der Waals surface area contributed by atoms with Crippen molar-refractivity contribution in [2.24, 2.45) is 0 Å². The molecule has 0 atom stereocenters. The number of ether oxygens (including phenoxy) is 2. The lowest BCUT2D eigenvalue weighted by atomic mass is 10.1. The highest BCUT2D eigenvalue weighted by atomic mass is 19.3. The first kappa shape index (κ1) is 26.7. The summed E-state index contributed by atoms with van der Waals surface area (Å²) < 4.78 is 34.7. The van der Waals surface area contributed by atoms with Crippen molar-refractivity contribution in [3.05, 3.63) is 78.9 Å². The Labute approximate surface area is 185 Å². The molecule has 11 nitrogen and oxygen atoms in total. The number of carbonyl (C=O) groups excluding carboxylic acids is 3. The maximum atomic E-state index is 13.0. The Morgan fingerprint density at radius 3 is 1.64 bits per heavy atom. The van der Waals surface area contributed by atoms with Crippen molar-refractivity contribution in [2.75, 3.05) is 14.2 Å². The van der Waals surface area contributed by atoms with Crippen molar-refractivity contribution in [3.63, 3.8) is 0 Å². The van der Waals surface area contributed by atoms with Gasteiger partial charge in [0.05, 0.1) is 24.1 Å². The zero-order valence-electron chi connectivity index (χ0n) is 17.8. The second kappa shape index (κ2) is 10.8. The van der Waals surface area contributed by atoms with Crippen LogP contribution in [0.15, 0.2) is 36.4 Å². The molecule has 0 radical (unpaired) electrons. The number of nitro benzene ring substituents is 2. The van der Waals surface area contributed by atoms with E-state index in [1.165, 1.54) is 19.1 Å². The lowest BCUT2D eigenvalue weighted by molar-refractivity contribution is -0.385. The summed E-state index contributed by atoms with van der Waals surface area (Å²) in [6.45, 7) is 1.90. The normalized spacial score (nSPS) is 10.4. The third kappa shape index (κ3) is 6.85. The number of alkyl halides is 2. The van der Waals surface area contributed by atoms with E-state index in [2.05, 4.69) is 9.47 Å². The molecule has 2 aromatic carbocycles. The molecule has 0 fully saturated rings. The van der Waals surface area contributed by atoms with E-state index in [1.54, 1.807) is 0 Å². The average Bonchev–Trinajstić information content (AvgIpc) is 2.76. The molecule has 0 saturated carbocycles. The van der Waals surface area contributed by atoms with Gasteiger partial charge in [-0.05, 0) is 19.1 Å². The highest BCUT2D eigenvalue weighted by Gasteiger charge is 2.29. The number of nitrogens with zero attached hydrogens (tertiary/aromatic N) is 2.